The van der Waals surface area contributed by atoms with Crippen molar-refractivity contribution < 1.29 is 9.90 Å². The first-order chi connectivity index (χ1) is 9.45. The molecule has 2 rings (SSSR count). The van der Waals surface area contributed by atoms with Crippen LogP contribution in [0.5, 0.6) is 0 Å². The van der Waals surface area contributed by atoms with Gasteiger partial charge in [0.2, 0.25) is 0 Å². The number of thiophene rings is 1. The van der Waals surface area contributed by atoms with E-state index in [-0.39, 0.29) is 0 Å². The van der Waals surface area contributed by atoms with Gasteiger partial charge in [0.15, 0.2) is 0 Å². The highest BCUT2D eigenvalue weighted by Gasteiger charge is 2.09. The van der Waals surface area contributed by atoms with Gasteiger partial charge in [-0.2, -0.15) is 0 Å². The lowest BCUT2D eigenvalue weighted by molar-refractivity contribution is 0.0697. The predicted molar refractivity (Wildman–Crippen MR) is 82.6 cm³/mol. The Hall–Kier alpha value is -1.36. The highest BCUT2D eigenvalue weighted by molar-refractivity contribution is 7.16. The van der Waals surface area contributed by atoms with Gasteiger partial charge < -0.3 is 5.11 Å². The van der Waals surface area contributed by atoms with Crippen LogP contribution in [0.2, 0.25) is 4.34 Å². The SMILES string of the molecule is Cc1cc(C(=O)O)ccc1CN(C)Cc1ccc(Cl)s1. The molecule has 0 spiro atoms. The van der Waals surface area contributed by atoms with Crippen molar-refractivity contribution in [3.8, 4) is 0 Å². The van der Waals surface area contributed by atoms with Crippen molar-refractivity contribution in [1.82, 2.24) is 4.90 Å². The number of rotatable bonds is 5. The largest absolute Gasteiger partial charge is 0.478 e. The molecule has 0 saturated carbocycles. The lowest BCUT2D eigenvalue weighted by Gasteiger charge is -2.17. The first-order valence-electron chi connectivity index (χ1n) is 6.21. The fourth-order valence-corrected chi connectivity index (χ4v) is 3.22. The Balaban J connectivity index is 2.04. The highest BCUT2D eigenvalue weighted by Crippen LogP contribution is 2.23. The molecule has 0 radical (unpaired) electrons. The van der Waals surface area contributed by atoms with E-state index in [0.29, 0.717) is 5.56 Å². The molecule has 0 amide bonds. The molecule has 1 aromatic carbocycles. The van der Waals surface area contributed by atoms with E-state index in [1.54, 1.807) is 23.5 Å². The smallest absolute Gasteiger partial charge is 0.335 e. The van der Waals surface area contributed by atoms with E-state index in [0.717, 1.165) is 28.6 Å². The summed E-state index contributed by atoms with van der Waals surface area (Å²) < 4.78 is 0.801. The molecule has 0 atom stereocenters. The summed E-state index contributed by atoms with van der Waals surface area (Å²) in [6.07, 6.45) is 0. The second-order valence-corrected chi connectivity index (χ2v) is 6.62. The molecule has 20 heavy (non-hydrogen) atoms. The summed E-state index contributed by atoms with van der Waals surface area (Å²) in [4.78, 5) is 14.3. The molecular formula is C15H16ClNO2S. The van der Waals surface area contributed by atoms with Crippen LogP contribution in [-0.2, 0) is 13.1 Å². The van der Waals surface area contributed by atoms with Gasteiger partial charge in [-0.3, -0.25) is 4.90 Å². The minimum atomic E-state index is -0.888. The molecule has 2 aromatic rings. The lowest BCUT2D eigenvalue weighted by atomic mass is 10.0. The quantitative estimate of drug-likeness (QED) is 0.906. The summed E-state index contributed by atoms with van der Waals surface area (Å²) in [6.45, 7) is 3.55. The number of nitrogens with zero attached hydrogens (tertiary/aromatic N) is 1. The van der Waals surface area contributed by atoms with E-state index in [1.165, 1.54) is 4.88 Å². The molecule has 0 unspecified atom stereocenters. The Labute approximate surface area is 127 Å². The van der Waals surface area contributed by atoms with E-state index >= 15 is 0 Å². The molecule has 0 fully saturated rings. The van der Waals surface area contributed by atoms with Crippen LogP contribution in [0.3, 0.4) is 0 Å². The van der Waals surface area contributed by atoms with Gasteiger partial charge in [-0.05, 0) is 49.4 Å². The summed E-state index contributed by atoms with van der Waals surface area (Å²) in [7, 11) is 2.04. The van der Waals surface area contributed by atoms with Crippen molar-refractivity contribution in [2.24, 2.45) is 0 Å². The fraction of sp³-hybridized carbons (Fsp3) is 0.267. The molecule has 0 saturated heterocycles. The second-order valence-electron chi connectivity index (χ2n) is 4.82. The van der Waals surface area contributed by atoms with Gasteiger partial charge in [0.1, 0.15) is 0 Å². The maximum atomic E-state index is 10.9. The number of aromatic carboxylic acids is 1. The second kappa shape index (κ2) is 6.39. The van der Waals surface area contributed by atoms with Crippen molar-refractivity contribution in [3.63, 3.8) is 0 Å². The van der Waals surface area contributed by atoms with Crippen molar-refractivity contribution in [1.29, 1.82) is 0 Å². The zero-order chi connectivity index (χ0) is 14.7. The van der Waals surface area contributed by atoms with Gasteiger partial charge in [0, 0.05) is 18.0 Å². The summed E-state index contributed by atoms with van der Waals surface area (Å²) in [5.74, 6) is -0.888. The van der Waals surface area contributed by atoms with Gasteiger partial charge in [0.25, 0.3) is 0 Å². The lowest BCUT2D eigenvalue weighted by Crippen LogP contribution is -2.17. The van der Waals surface area contributed by atoms with Crippen LogP contribution in [0.25, 0.3) is 0 Å². The van der Waals surface area contributed by atoms with Gasteiger partial charge in [-0.25, -0.2) is 4.79 Å². The molecule has 0 aliphatic rings. The third-order valence-corrected chi connectivity index (χ3v) is 4.30. The number of halogens is 1. The van der Waals surface area contributed by atoms with E-state index in [1.807, 2.05) is 32.2 Å². The fourth-order valence-electron chi connectivity index (χ4n) is 2.06. The van der Waals surface area contributed by atoms with Crippen molar-refractivity contribution >= 4 is 28.9 Å². The molecular weight excluding hydrogens is 294 g/mol. The molecule has 1 heterocycles. The van der Waals surface area contributed by atoms with Gasteiger partial charge >= 0.3 is 5.97 Å². The number of carbonyl (C=O) groups is 1. The van der Waals surface area contributed by atoms with Gasteiger partial charge in [-0.15, -0.1) is 11.3 Å². The molecule has 1 aromatic heterocycles. The van der Waals surface area contributed by atoms with Crippen molar-refractivity contribution in [2.75, 3.05) is 7.05 Å². The summed E-state index contributed by atoms with van der Waals surface area (Å²) in [5, 5.41) is 8.96. The van der Waals surface area contributed by atoms with Crippen LogP contribution in [0.15, 0.2) is 30.3 Å². The minimum absolute atomic E-state index is 0.332. The number of hydrogen-bond acceptors (Lipinski definition) is 3. The monoisotopic (exact) mass is 309 g/mol. The molecule has 1 N–H and O–H groups in total. The third-order valence-electron chi connectivity index (χ3n) is 3.08. The molecule has 106 valence electrons. The standard InChI is InChI=1S/C15H16ClNO2S/c1-10-7-11(15(18)19)3-4-12(10)8-17(2)9-13-5-6-14(16)20-13/h3-7H,8-9H2,1-2H3,(H,18,19). The molecule has 0 bridgehead atoms. The Morgan fingerprint density at radius 3 is 2.60 bits per heavy atom. The molecule has 0 aliphatic heterocycles. The van der Waals surface area contributed by atoms with E-state index < -0.39 is 5.97 Å². The zero-order valence-corrected chi connectivity index (χ0v) is 13.0. The first-order valence-corrected chi connectivity index (χ1v) is 7.40. The van der Waals surface area contributed by atoms with Crippen LogP contribution in [0.4, 0.5) is 0 Å². The summed E-state index contributed by atoms with van der Waals surface area (Å²) in [6, 6.07) is 9.19. The highest BCUT2D eigenvalue weighted by atomic mass is 35.5. The maximum absolute atomic E-state index is 10.9. The van der Waals surface area contributed by atoms with Crippen LogP contribution >= 0.6 is 22.9 Å². The summed E-state index contributed by atoms with van der Waals surface area (Å²) >= 11 is 7.50. The van der Waals surface area contributed by atoms with Crippen LogP contribution < -0.4 is 0 Å². The average molecular weight is 310 g/mol. The zero-order valence-electron chi connectivity index (χ0n) is 11.4. The number of hydrogen-bond donors (Lipinski definition) is 1. The molecule has 5 heteroatoms. The van der Waals surface area contributed by atoms with E-state index in [4.69, 9.17) is 16.7 Å². The Bertz CT molecular complexity index is 624. The summed E-state index contributed by atoms with van der Waals surface area (Å²) in [5.41, 5.74) is 2.47. The van der Waals surface area contributed by atoms with Gasteiger partial charge in [0.05, 0.1) is 9.90 Å². The van der Waals surface area contributed by atoms with Crippen molar-refractivity contribution in [3.05, 3.63) is 56.2 Å². The molecule has 0 aliphatic carbocycles. The number of carboxylic acids is 1. The Morgan fingerprint density at radius 2 is 2.05 bits per heavy atom. The Morgan fingerprint density at radius 1 is 1.30 bits per heavy atom. The van der Waals surface area contributed by atoms with E-state index in [9.17, 15) is 4.79 Å². The first kappa shape index (κ1) is 15.0. The van der Waals surface area contributed by atoms with Crippen LogP contribution in [0, 0.1) is 6.92 Å². The number of carboxylic acid groups (broad SMARTS) is 1. The number of aryl methyl sites for hydroxylation is 1. The minimum Gasteiger partial charge on any atom is -0.478 e. The van der Waals surface area contributed by atoms with Crippen LogP contribution in [0.1, 0.15) is 26.4 Å². The maximum Gasteiger partial charge on any atom is 0.335 e. The topological polar surface area (TPSA) is 40.5 Å². The Kier molecular flexibility index (Phi) is 4.81. The molecule has 3 nitrogen and oxygen atoms in total. The number of benzene rings is 1. The third kappa shape index (κ3) is 3.82. The van der Waals surface area contributed by atoms with Crippen LogP contribution in [-0.4, -0.2) is 23.0 Å². The normalized spacial score (nSPS) is 11.0. The van der Waals surface area contributed by atoms with Gasteiger partial charge in [-0.1, -0.05) is 17.7 Å². The van der Waals surface area contributed by atoms with Crippen molar-refractivity contribution in [2.45, 2.75) is 20.0 Å². The predicted octanol–water partition coefficient (Wildman–Crippen LogP) is 4.04. The average Bonchev–Trinajstić information content (AvgIpc) is 2.77. The van der Waals surface area contributed by atoms with E-state index in [2.05, 4.69) is 4.90 Å².